The Hall–Kier alpha value is -3.15. The fourth-order valence-electron chi connectivity index (χ4n) is 2.82. The van der Waals surface area contributed by atoms with Gasteiger partial charge in [0.05, 0.1) is 24.8 Å². The lowest BCUT2D eigenvalue weighted by Crippen LogP contribution is -2.30. The Morgan fingerprint density at radius 2 is 2.00 bits per heavy atom. The van der Waals surface area contributed by atoms with Crippen LogP contribution in [0.1, 0.15) is 30.5 Å². The summed E-state index contributed by atoms with van der Waals surface area (Å²) in [6.07, 6.45) is 3.50. The van der Waals surface area contributed by atoms with E-state index in [-0.39, 0.29) is 11.9 Å². The molecule has 2 aromatic carbocycles. The van der Waals surface area contributed by atoms with Gasteiger partial charge in [-0.15, -0.1) is 0 Å². The molecule has 0 radical (unpaired) electrons. The van der Waals surface area contributed by atoms with Crippen LogP contribution in [0.3, 0.4) is 0 Å². The summed E-state index contributed by atoms with van der Waals surface area (Å²) in [4.78, 5) is 18.2. The lowest BCUT2D eigenvalue weighted by Gasteiger charge is -2.25. The second-order valence-corrected chi connectivity index (χ2v) is 6.53. The van der Waals surface area contributed by atoms with Crippen molar-refractivity contribution in [1.29, 1.82) is 0 Å². The van der Waals surface area contributed by atoms with Gasteiger partial charge < -0.3 is 9.64 Å². The molecule has 0 aliphatic carbocycles. The van der Waals surface area contributed by atoms with Gasteiger partial charge in [-0.05, 0) is 49.2 Å². The zero-order valence-electron chi connectivity index (χ0n) is 15.9. The van der Waals surface area contributed by atoms with E-state index in [0.717, 1.165) is 22.6 Å². The minimum atomic E-state index is -0.0266. The highest BCUT2D eigenvalue weighted by Crippen LogP contribution is 2.21. The molecule has 1 heterocycles. The molecule has 0 bridgehead atoms. The fourth-order valence-corrected chi connectivity index (χ4v) is 2.82. The van der Waals surface area contributed by atoms with Gasteiger partial charge in [0.25, 0.3) is 0 Å². The molecule has 27 heavy (non-hydrogen) atoms. The molecule has 0 spiro atoms. The van der Waals surface area contributed by atoms with Crippen molar-refractivity contribution in [2.75, 3.05) is 13.7 Å². The number of carbonyl (C=O) groups is 1. The molecule has 0 N–H and O–H groups in total. The van der Waals surface area contributed by atoms with Crippen molar-refractivity contribution < 1.29 is 9.53 Å². The number of nitrogens with zero attached hydrogens (tertiary/aromatic N) is 4. The summed E-state index contributed by atoms with van der Waals surface area (Å²) in [5.41, 5.74) is 3.14. The lowest BCUT2D eigenvalue weighted by molar-refractivity contribution is -0.132. The molecule has 3 rings (SSSR count). The highest BCUT2D eigenvalue weighted by atomic mass is 16.5. The highest BCUT2D eigenvalue weighted by Gasteiger charge is 2.17. The lowest BCUT2D eigenvalue weighted by atomic mass is 10.1. The second kappa shape index (κ2) is 8.49. The molecule has 0 unspecified atom stereocenters. The number of aryl methyl sites for hydroxylation is 1. The van der Waals surface area contributed by atoms with E-state index < -0.39 is 0 Å². The van der Waals surface area contributed by atoms with Crippen molar-refractivity contribution in [2.45, 2.75) is 26.3 Å². The van der Waals surface area contributed by atoms with Crippen molar-refractivity contribution in [2.24, 2.45) is 0 Å². The molecule has 6 nitrogen and oxygen atoms in total. The van der Waals surface area contributed by atoms with Crippen LogP contribution in [0.25, 0.3) is 5.69 Å². The molecule has 1 atom stereocenters. The Morgan fingerprint density at radius 3 is 2.67 bits per heavy atom. The fraction of sp³-hybridized carbons (Fsp3) is 0.286. The molecule has 0 aliphatic rings. The topological polar surface area (TPSA) is 60.2 Å². The van der Waals surface area contributed by atoms with E-state index >= 15 is 0 Å². The van der Waals surface area contributed by atoms with Crippen molar-refractivity contribution in [3.63, 3.8) is 0 Å². The molecular weight excluding hydrogens is 340 g/mol. The molecule has 0 fully saturated rings. The number of benzene rings is 2. The van der Waals surface area contributed by atoms with E-state index in [4.69, 9.17) is 4.74 Å². The molecule has 0 saturated carbocycles. The van der Waals surface area contributed by atoms with Crippen LogP contribution >= 0.6 is 0 Å². The molecule has 3 aromatic rings. The van der Waals surface area contributed by atoms with Crippen molar-refractivity contribution >= 4 is 5.91 Å². The number of ether oxygens (including phenoxy) is 1. The minimum Gasteiger partial charge on any atom is -0.493 e. The Morgan fingerprint density at radius 1 is 1.22 bits per heavy atom. The first-order valence-electron chi connectivity index (χ1n) is 8.94. The van der Waals surface area contributed by atoms with E-state index in [1.165, 1.54) is 6.33 Å². The summed E-state index contributed by atoms with van der Waals surface area (Å²) >= 11 is 0. The van der Waals surface area contributed by atoms with Gasteiger partial charge in [-0.2, -0.15) is 5.10 Å². The first-order chi connectivity index (χ1) is 13.0. The van der Waals surface area contributed by atoms with Gasteiger partial charge in [0, 0.05) is 7.05 Å². The van der Waals surface area contributed by atoms with E-state index in [9.17, 15) is 4.79 Å². The summed E-state index contributed by atoms with van der Waals surface area (Å²) in [6.45, 7) is 4.40. The van der Waals surface area contributed by atoms with Crippen LogP contribution in [0.5, 0.6) is 5.75 Å². The molecule has 0 aliphatic heterocycles. The Labute approximate surface area is 159 Å². The van der Waals surface area contributed by atoms with Crippen LogP contribution in [0.15, 0.2) is 61.2 Å². The number of hydrogen-bond donors (Lipinski definition) is 0. The quantitative estimate of drug-likeness (QED) is 0.643. The van der Waals surface area contributed by atoms with Gasteiger partial charge in [0.15, 0.2) is 0 Å². The van der Waals surface area contributed by atoms with Gasteiger partial charge >= 0.3 is 0 Å². The van der Waals surface area contributed by atoms with Crippen molar-refractivity contribution in [3.05, 3.63) is 72.3 Å². The number of carbonyl (C=O) groups excluding carboxylic acids is 1. The van der Waals surface area contributed by atoms with Gasteiger partial charge in [-0.25, -0.2) is 9.67 Å². The molecular formula is C21H24N4O2. The average Bonchev–Trinajstić information content (AvgIpc) is 3.22. The monoisotopic (exact) mass is 364 g/mol. The largest absolute Gasteiger partial charge is 0.493 e. The molecule has 140 valence electrons. The third-order valence-electron chi connectivity index (χ3n) is 4.61. The number of amides is 1. The van der Waals surface area contributed by atoms with Gasteiger partial charge in [-0.3, -0.25) is 4.79 Å². The van der Waals surface area contributed by atoms with E-state index in [1.54, 1.807) is 15.9 Å². The summed E-state index contributed by atoms with van der Waals surface area (Å²) in [7, 11) is 1.82. The summed E-state index contributed by atoms with van der Waals surface area (Å²) < 4.78 is 7.39. The maximum Gasteiger partial charge on any atom is 0.226 e. The second-order valence-electron chi connectivity index (χ2n) is 6.53. The minimum absolute atomic E-state index is 0.0266. The van der Waals surface area contributed by atoms with E-state index in [0.29, 0.717) is 13.0 Å². The number of aromatic nitrogens is 3. The van der Waals surface area contributed by atoms with Crippen molar-refractivity contribution in [1.82, 2.24) is 19.7 Å². The van der Waals surface area contributed by atoms with Crippen LogP contribution in [0, 0.1) is 6.92 Å². The zero-order chi connectivity index (χ0) is 19.2. The van der Waals surface area contributed by atoms with E-state index in [1.807, 2.05) is 69.4 Å². The summed E-state index contributed by atoms with van der Waals surface area (Å²) in [6, 6.07) is 15.8. The Bertz CT molecular complexity index is 875. The molecule has 0 saturated heterocycles. The smallest absolute Gasteiger partial charge is 0.226 e. The van der Waals surface area contributed by atoms with Crippen LogP contribution in [0.4, 0.5) is 0 Å². The Kier molecular flexibility index (Phi) is 5.86. The SMILES string of the molecule is Cc1cccc(OCCC(=O)N(C)[C@H](C)c2ccc(-n3cncn3)cc2)c1. The van der Waals surface area contributed by atoms with Gasteiger partial charge in [0.1, 0.15) is 18.4 Å². The number of rotatable bonds is 7. The van der Waals surface area contributed by atoms with Crippen LogP contribution in [0.2, 0.25) is 0 Å². The standard InChI is InChI=1S/C21H24N4O2/c1-16-5-4-6-20(13-16)27-12-11-21(26)24(3)17(2)18-7-9-19(10-8-18)25-15-22-14-23-25/h4-10,13-15,17H,11-12H2,1-3H3/t17-/m1/s1. The van der Waals surface area contributed by atoms with Crippen LogP contribution < -0.4 is 4.74 Å². The maximum absolute atomic E-state index is 12.5. The highest BCUT2D eigenvalue weighted by molar-refractivity contribution is 5.76. The van der Waals surface area contributed by atoms with Crippen molar-refractivity contribution in [3.8, 4) is 11.4 Å². The molecule has 1 amide bonds. The average molecular weight is 364 g/mol. The normalized spacial score (nSPS) is 11.8. The first kappa shape index (κ1) is 18.6. The number of hydrogen-bond acceptors (Lipinski definition) is 4. The third-order valence-corrected chi connectivity index (χ3v) is 4.61. The first-order valence-corrected chi connectivity index (χ1v) is 8.94. The predicted octanol–water partition coefficient (Wildman–Crippen LogP) is 3.56. The van der Waals surface area contributed by atoms with Gasteiger partial charge in [-0.1, -0.05) is 24.3 Å². The summed E-state index contributed by atoms with van der Waals surface area (Å²) in [5, 5.41) is 4.12. The molecule has 1 aromatic heterocycles. The van der Waals surface area contributed by atoms with Gasteiger partial charge in [0.2, 0.25) is 5.91 Å². The predicted molar refractivity (Wildman–Crippen MR) is 104 cm³/mol. The third kappa shape index (κ3) is 4.73. The van der Waals surface area contributed by atoms with E-state index in [2.05, 4.69) is 10.1 Å². The van der Waals surface area contributed by atoms with Crippen LogP contribution in [-0.2, 0) is 4.79 Å². The zero-order valence-corrected chi connectivity index (χ0v) is 15.9. The van der Waals surface area contributed by atoms with Crippen LogP contribution in [-0.4, -0.2) is 39.2 Å². The molecule has 6 heteroatoms. The Balaban J connectivity index is 1.54. The maximum atomic E-state index is 12.5. The summed E-state index contributed by atoms with van der Waals surface area (Å²) in [5.74, 6) is 0.845.